The number of fused-ring (bicyclic) bond motifs is 1. The van der Waals surface area contributed by atoms with E-state index in [1.807, 2.05) is 24.3 Å². The number of nitrogens with one attached hydrogen (secondary N) is 4. The number of para-hydroxylation sites is 1. The predicted molar refractivity (Wildman–Crippen MR) is 93.3 cm³/mol. The number of aromatic nitrogens is 1. The molecule has 138 valence electrons. The number of carboxylic acid groups (broad SMARTS) is 1. The molecule has 1 aromatic heterocycles. The molecule has 0 saturated carbocycles. The van der Waals surface area contributed by atoms with Gasteiger partial charge >= 0.3 is 5.97 Å². The number of aromatic amines is 1. The summed E-state index contributed by atoms with van der Waals surface area (Å²) in [7, 11) is 0. The van der Waals surface area contributed by atoms with Crippen LogP contribution in [-0.2, 0) is 25.6 Å². The summed E-state index contributed by atoms with van der Waals surface area (Å²) in [6, 6.07) is 6.71. The third-order valence-electron chi connectivity index (χ3n) is 3.65. The summed E-state index contributed by atoms with van der Waals surface area (Å²) in [6.07, 6.45) is 2.01. The maximum absolute atomic E-state index is 12.4. The second-order valence-electron chi connectivity index (χ2n) is 5.71. The van der Waals surface area contributed by atoms with E-state index in [1.54, 1.807) is 6.20 Å². The van der Waals surface area contributed by atoms with E-state index in [9.17, 15) is 19.2 Å². The van der Waals surface area contributed by atoms with Crippen LogP contribution in [0.2, 0.25) is 0 Å². The molecule has 0 spiro atoms. The van der Waals surface area contributed by atoms with Gasteiger partial charge in [-0.05, 0) is 11.6 Å². The summed E-state index contributed by atoms with van der Waals surface area (Å²) in [5, 5.41) is 16.6. The van der Waals surface area contributed by atoms with Crippen LogP contribution < -0.4 is 16.0 Å². The van der Waals surface area contributed by atoms with E-state index in [4.69, 9.17) is 5.11 Å². The zero-order valence-corrected chi connectivity index (χ0v) is 14.2. The molecule has 2 rings (SSSR count). The summed E-state index contributed by atoms with van der Waals surface area (Å²) < 4.78 is 0. The van der Waals surface area contributed by atoms with Gasteiger partial charge in [0.2, 0.25) is 17.7 Å². The molecule has 0 aliphatic carbocycles. The van der Waals surface area contributed by atoms with Gasteiger partial charge in [0.05, 0.1) is 6.54 Å². The number of aliphatic carboxylic acids is 1. The van der Waals surface area contributed by atoms with Crippen LogP contribution in [0.1, 0.15) is 12.5 Å². The van der Waals surface area contributed by atoms with Crippen LogP contribution in [-0.4, -0.2) is 52.9 Å². The monoisotopic (exact) mass is 360 g/mol. The van der Waals surface area contributed by atoms with E-state index in [-0.39, 0.29) is 18.9 Å². The first kappa shape index (κ1) is 19.0. The van der Waals surface area contributed by atoms with E-state index in [0.717, 1.165) is 16.5 Å². The fraction of sp³-hybridized carbons (Fsp3) is 0.294. The van der Waals surface area contributed by atoms with Crippen LogP contribution >= 0.6 is 0 Å². The van der Waals surface area contributed by atoms with Crippen LogP contribution in [0, 0.1) is 0 Å². The minimum atomic E-state index is -1.18. The highest BCUT2D eigenvalue weighted by atomic mass is 16.4. The Labute approximate surface area is 149 Å². The molecule has 0 aliphatic rings. The number of benzene rings is 1. The maximum atomic E-state index is 12.4. The maximum Gasteiger partial charge on any atom is 0.322 e. The van der Waals surface area contributed by atoms with Crippen molar-refractivity contribution in [2.75, 3.05) is 13.1 Å². The number of carbonyl (C=O) groups is 4. The van der Waals surface area contributed by atoms with E-state index >= 15 is 0 Å². The Balaban J connectivity index is 2.02. The first-order valence-corrected chi connectivity index (χ1v) is 7.95. The Hall–Kier alpha value is -3.36. The molecule has 9 nitrogen and oxygen atoms in total. The lowest BCUT2D eigenvalue weighted by molar-refractivity contribution is -0.138. The van der Waals surface area contributed by atoms with Crippen molar-refractivity contribution in [2.45, 2.75) is 19.4 Å². The van der Waals surface area contributed by atoms with Gasteiger partial charge in [0.1, 0.15) is 12.6 Å². The van der Waals surface area contributed by atoms with Crippen LogP contribution in [0.15, 0.2) is 30.5 Å². The SMILES string of the molecule is CC(=O)NC(Cc1c[nH]c2ccccc12)C(=O)NCC(=O)NCC(=O)O. The summed E-state index contributed by atoms with van der Waals surface area (Å²) >= 11 is 0. The summed E-state index contributed by atoms with van der Waals surface area (Å²) in [4.78, 5) is 48.8. The summed E-state index contributed by atoms with van der Waals surface area (Å²) in [5.74, 6) is -2.72. The first-order chi connectivity index (χ1) is 12.4. The lowest BCUT2D eigenvalue weighted by Crippen LogP contribution is -2.49. The molecule has 1 atom stereocenters. The Morgan fingerprint density at radius 1 is 1.12 bits per heavy atom. The Bertz CT molecular complexity index is 829. The van der Waals surface area contributed by atoms with Gasteiger partial charge in [-0.3, -0.25) is 19.2 Å². The molecule has 1 aromatic carbocycles. The molecule has 1 unspecified atom stereocenters. The minimum absolute atomic E-state index is 0.242. The van der Waals surface area contributed by atoms with E-state index in [0.29, 0.717) is 0 Å². The van der Waals surface area contributed by atoms with E-state index in [1.165, 1.54) is 6.92 Å². The van der Waals surface area contributed by atoms with Crippen LogP contribution in [0.5, 0.6) is 0 Å². The number of hydrogen-bond donors (Lipinski definition) is 5. The molecule has 0 bridgehead atoms. The van der Waals surface area contributed by atoms with Crippen LogP contribution in [0.3, 0.4) is 0 Å². The van der Waals surface area contributed by atoms with E-state index < -0.39 is 30.4 Å². The molecule has 3 amide bonds. The topological polar surface area (TPSA) is 140 Å². The molecule has 0 saturated heterocycles. The lowest BCUT2D eigenvalue weighted by atomic mass is 10.0. The highest BCUT2D eigenvalue weighted by molar-refractivity contribution is 5.92. The van der Waals surface area contributed by atoms with Gasteiger partial charge in [-0.1, -0.05) is 18.2 Å². The van der Waals surface area contributed by atoms with Gasteiger partial charge in [0.25, 0.3) is 0 Å². The molecule has 2 aromatic rings. The van der Waals surface area contributed by atoms with E-state index in [2.05, 4.69) is 20.9 Å². The second-order valence-corrected chi connectivity index (χ2v) is 5.71. The molecule has 0 aliphatic heterocycles. The van der Waals surface area contributed by atoms with Gasteiger partial charge in [-0.15, -0.1) is 0 Å². The number of hydrogen-bond acceptors (Lipinski definition) is 4. The predicted octanol–water partition coefficient (Wildman–Crippen LogP) is -0.468. The fourth-order valence-corrected chi connectivity index (χ4v) is 2.50. The standard InChI is InChI=1S/C17H20N4O5/c1-10(22)21-14(17(26)20-8-15(23)19-9-16(24)25)6-11-7-18-13-5-3-2-4-12(11)13/h2-5,7,14,18H,6,8-9H2,1H3,(H,19,23)(H,20,26)(H,21,22)(H,24,25). The molecule has 0 radical (unpaired) electrons. The van der Waals surface area contributed by atoms with Crippen molar-refractivity contribution in [1.29, 1.82) is 0 Å². The molecular formula is C17H20N4O5. The van der Waals surface area contributed by atoms with Gasteiger partial charge in [-0.2, -0.15) is 0 Å². The fourth-order valence-electron chi connectivity index (χ4n) is 2.50. The van der Waals surface area contributed by atoms with Gasteiger partial charge in [0.15, 0.2) is 0 Å². The number of carbonyl (C=O) groups excluding carboxylic acids is 3. The average Bonchev–Trinajstić information content (AvgIpc) is 3.00. The highest BCUT2D eigenvalue weighted by Gasteiger charge is 2.22. The smallest absolute Gasteiger partial charge is 0.322 e. The lowest BCUT2D eigenvalue weighted by Gasteiger charge is -2.17. The van der Waals surface area contributed by atoms with Crippen LogP contribution in [0.4, 0.5) is 0 Å². The normalized spacial score (nSPS) is 11.6. The molecular weight excluding hydrogens is 340 g/mol. The number of amides is 3. The highest BCUT2D eigenvalue weighted by Crippen LogP contribution is 2.19. The van der Waals surface area contributed by atoms with Crippen molar-refractivity contribution in [1.82, 2.24) is 20.9 Å². The summed E-state index contributed by atoms with van der Waals surface area (Å²) in [6.45, 7) is 0.393. The second kappa shape index (κ2) is 8.65. The number of carboxylic acids is 1. The van der Waals surface area contributed by atoms with Crippen molar-refractivity contribution in [3.8, 4) is 0 Å². The zero-order chi connectivity index (χ0) is 19.1. The Kier molecular flexibility index (Phi) is 6.31. The van der Waals surface area contributed by atoms with Gasteiger partial charge < -0.3 is 26.0 Å². The largest absolute Gasteiger partial charge is 0.480 e. The van der Waals surface area contributed by atoms with Crippen molar-refractivity contribution < 1.29 is 24.3 Å². The van der Waals surface area contributed by atoms with Crippen molar-refractivity contribution in [2.24, 2.45) is 0 Å². The molecule has 1 heterocycles. The van der Waals surface area contributed by atoms with Crippen molar-refractivity contribution >= 4 is 34.6 Å². The summed E-state index contributed by atoms with van der Waals surface area (Å²) in [5.41, 5.74) is 1.77. The van der Waals surface area contributed by atoms with Crippen LogP contribution in [0.25, 0.3) is 10.9 Å². The average molecular weight is 360 g/mol. The number of H-pyrrole nitrogens is 1. The Morgan fingerprint density at radius 3 is 2.54 bits per heavy atom. The molecule has 26 heavy (non-hydrogen) atoms. The third-order valence-corrected chi connectivity index (χ3v) is 3.65. The minimum Gasteiger partial charge on any atom is -0.480 e. The molecule has 0 fully saturated rings. The first-order valence-electron chi connectivity index (χ1n) is 7.95. The molecule has 9 heteroatoms. The van der Waals surface area contributed by atoms with Crippen molar-refractivity contribution in [3.63, 3.8) is 0 Å². The quantitative estimate of drug-likeness (QED) is 0.433. The molecule has 5 N–H and O–H groups in total. The van der Waals surface area contributed by atoms with Gasteiger partial charge in [0, 0.05) is 30.4 Å². The van der Waals surface area contributed by atoms with Crippen molar-refractivity contribution in [3.05, 3.63) is 36.0 Å². The third kappa shape index (κ3) is 5.33. The Morgan fingerprint density at radius 2 is 1.85 bits per heavy atom. The number of rotatable bonds is 8. The zero-order valence-electron chi connectivity index (χ0n) is 14.2. The van der Waals surface area contributed by atoms with Gasteiger partial charge in [-0.25, -0.2) is 0 Å².